The van der Waals surface area contributed by atoms with Gasteiger partial charge in [-0.25, -0.2) is 0 Å². The van der Waals surface area contributed by atoms with Crippen molar-refractivity contribution in [2.75, 3.05) is 5.32 Å². The van der Waals surface area contributed by atoms with E-state index in [0.717, 1.165) is 18.5 Å². The van der Waals surface area contributed by atoms with E-state index in [4.69, 9.17) is 0 Å². The first kappa shape index (κ1) is 7.41. The van der Waals surface area contributed by atoms with Crippen LogP contribution < -0.4 is 10.8 Å². The minimum absolute atomic E-state index is 0.109. The highest BCUT2D eigenvalue weighted by Crippen LogP contribution is 2.20. The molecule has 0 radical (unpaired) electrons. The van der Waals surface area contributed by atoms with E-state index in [2.05, 4.69) is 24.3 Å². The summed E-state index contributed by atoms with van der Waals surface area (Å²) in [4.78, 5) is 11.0. The van der Waals surface area contributed by atoms with Crippen molar-refractivity contribution in [1.82, 2.24) is 0 Å². The molecule has 2 rings (SSSR count). The normalized spacial score (nSPS) is 13.9. The Balaban J connectivity index is 2.41. The zero-order valence-corrected chi connectivity index (χ0v) is 7.05. The highest BCUT2D eigenvalue weighted by Gasteiger charge is 2.16. The lowest BCUT2D eigenvalue weighted by Crippen LogP contribution is -2.09. The fourth-order valence-electron chi connectivity index (χ4n) is 1.50. The Bertz CT molecular complexity index is 335. The van der Waals surface area contributed by atoms with Crippen molar-refractivity contribution in [2.24, 2.45) is 0 Å². The van der Waals surface area contributed by atoms with Crippen molar-refractivity contribution >= 4 is 24.3 Å². The molecule has 60 valence electrons. The fraction of sp³-hybridized carbons (Fsp3) is 0.222. The second kappa shape index (κ2) is 2.66. The lowest BCUT2D eigenvalue weighted by Gasteiger charge is -1.99. The van der Waals surface area contributed by atoms with Crippen LogP contribution in [0.25, 0.3) is 0 Å². The predicted octanol–water partition coefficient (Wildman–Crippen LogP) is 0.291. The molecule has 0 unspecified atom stereocenters. The molecule has 0 bridgehead atoms. The van der Waals surface area contributed by atoms with Crippen LogP contribution in [-0.4, -0.2) is 13.2 Å². The van der Waals surface area contributed by atoms with Crippen LogP contribution in [0.4, 0.5) is 5.69 Å². The van der Waals surface area contributed by atoms with E-state index in [0.29, 0.717) is 6.42 Å². The van der Waals surface area contributed by atoms with Gasteiger partial charge in [0.25, 0.3) is 0 Å². The molecule has 0 saturated carbocycles. The summed E-state index contributed by atoms with van der Waals surface area (Å²) in [6, 6.07) is 6.15. The van der Waals surface area contributed by atoms with Gasteiger partial charge in [0, 0.05) is 5.69 Å². The number of amides is 1. The molecule has 1 aromatic carbocycles. The summed E-state index contributed by atoms with van der Waals surface area (Å²) in [6.45, 7) is 2.12. The van der Waals surface area contributed by atoms with Gasteiger partial charge >= 0.3 is 0 Å². The van der Waals surface area contributed by atoms with Crippen molar-refractivity contribution in [3.8, 4) is 0 Å². The molecule has 1 N–H and O–H groups in total. The van der Waals surface area contributed by atoms with Crippen LogP contribution in [0, 0.1) is 0 Å². The summed E-state index contributed by atoms with van der Waals surface area (Å²) >= 11 is 0. The molecule has 0 aliphatic carbocycles. The first-order chi connectivity index (χ1) is 5.79. The van der Waals surface area contributed by atoms with E-state index < -0.39 is 0 Å². The van der Waals surface area contributed by atoms with Gasteiger partial charge in [-0.15, -0.1) is 0 Å². The Morgan fingerprint density at radius 3 is 3.08 bits per heavy atom. The van der Waals surface area contributed by atoms with Gasteiger partial charge in [-0.05, 0) is 11.6 Å². The number of carbonyl (C=O) groups is 1. The maximum atomic E-state index is 11.0. The quantitative estimate of drug-likeness (QED) is 0.586. The van der Waals surface area contributed by atoms with Crippen molar-refractivity contribution in [3.05, 3.63) is 23.8 Å². The monoisotopic (exact) mass is 159 g/mol. The predicted molar refractivity (Wildman–Crippen MR) is 51.4 cm³/mol. The summed E-state index contributed by atoms with van der Waals surface area (Å²) in [5.41, 5.74) is 3.42. The Kier molecular flexibility index (Phi) is 1.64. The van der Waals surface area contributed by atoms with Gasteiger partial charge in [-0.3, -0.25) is 4.79 Å². The molecule has 0 atom stereocenters. The number of nitrogens with one attached hydrogen (secondary N) is 1. The Labute approximate surface area is 72.2 Å². The molecule has 1 aliphatic heterocycles. The van der Waals surface area contributed by atoms with E-state index in [9.17, 15) is 4.79 Å². The van der Waals surface area contributed by atoms with Gasteiger partial charge in [0.1, 0.15) is 0 Å². The van der Waals surface area contributed by atoms with Gasteiger partial charge in [-0.2, -0.15) is 0 Å². The van der Waals surface area contributed by atoms with E-state index >= 15 is 0 Å². The molecule has 0 saturated heterocycles. The molecule has 3 heteroatoms. The van der Waals surface area contributed by atoms with Crippen LogP contribution in [0.5, 0.6) is 0 Å². The molecule has 1 amide bonds. The molecule has 0 aromatic heterocycles. The molecule has 12 heavy (non-hydrogen) atoms. The van der Waals surface area contributed by atoms with Crippen molar-refractivity contribution in [1.29, 1.82) is 0 Å². The summed E-state index contributed by atoms with van der Waals surface area (Å²) in [5, 5.41) is 2.81. The number of hydrogen-bond acceptors (Lipinski definition) is 1. The van der Waals surface area contributed by atoms with Gasteiger partial charge in [0.05, 0.1) is 6.42 Å². The van der Waals surface area contributed by atoms with Gasteiger partial charge in [0.15, 0.2) is 7.28 Å². The Hall–Kier alpha value is -1.25. The van der Waals surface area contributed by atoms with Crippen LogP contribution in [0.3, 0.4) is 0 Å². The Morgan fingerprint density at radius 1 is 1.50 bits per heavy atom. The number of benzene rings is 1. The lowest BCUT2D eigenvalue weighted by molar-refractivity contribution is -0.115. The van der Waals surface area contributed by atoms with E-state index in [1.54, 1.807) is 0 Å². The average molecular weight is 159 g/mol. The van der Waals surface area contributed by atoms with E-state index in [-0.39, 0.29) is 5.91 Å². The van der Waals surface area contributed by atoms with Crippen molar-refractivity contribution in [3.63, 3.8) is 0 Å². The number of fused-ring (bicyclic) bond motifs is 1. The van der Waals surface area contributed by atoms with Crippen LogP contribution in [0.2, 0.25) is 6.82 Å². The molecule has 0 fully saturated rings. The van der Waals surface area contributed by atoms with Gasteiger partial charge < -0.3 is 5.32 Å². The SMILES string of the molecule is CBc1ccc2c(c1)CC(=O)N2. The maximum absolute atomic E-state index is 11.0. The highest BCUT2D eigenvalue weighted by atomic mass is 16.1. The van der Waals surface area contributed by atoms with Crippen LogP contribution in [0.15, 0.2) is 18.2 Å². The minimum atomic E-state index is 0.109. The summed E-state index contributed by atoms with van der Waals surface area (Å²) in [6.07, 6.45) is 0.545. The maximum Gasteiger partial charge on any atom is 0.228 e. The summed E-state index contributed by atoms with van der Waals surface area (Å²) in [7, 11) is 1.03. The first-order valence-electron chi connectivity index (χ1n) is 4.21. The number of rotatable bonds is 1. The standard InChI is InChI=1S/C9H10BNO/c1-10-7-2-3-8-6(4-7)5-9(12)11-8/h2-4,10H,5H2,1H3,(H,11,12). The summed E-state index contributed by atoms with van der Waals surface area (Å²) in [5.74, 6) is 0.109. The van der Waals surface area contributed by atoms with Gasteiger partial charge in [0.2, 0.25) is 5.91 Å². The average Bonchev–Trinajstić information content (AvgIpc) is 2.43. The zero-order chi connectivity index (χ0) is 8.55. The Morgan fingerprint density at radius 2 is 2.33 bits per heavy atom. The topological polar surface area (TPSA) is 29.1 Å². The number of anilines is 1. The number of carbonyl (C=O) groups excluding carboxylic acids is 1. The second-order valence-electron chi connectivity index (χ2n) is 3.07. The third-order valence-electron chi connectivity index (χ3n) is 2.20. The molecule has 1 aromatic rings. The van der Waals surface area contributed by atoms with Crippen molar-refractivity contribution in [2.45, 2.75) is 13.2 Å². The van der Waals surface area contributed by atoms with Crippen LogP contribution in [-0.2, 0) is 11.2 Å². The smallest absolute Gasteiger partial charge is 0.228 e. The largest absolute Gasteiger partial charge is 0.326 e. The minimum Gasteiger partial charge on any atom is -0.326 e. The van der Waals surface area contributed by atoms with Gasteiger partial charge in [-0.1, -0.05) is 24.4 Å². The fourth-order valence-corrected chi connectivity index (χ4v) is 1.50. The van der Waals surface area contributed by atoms with Crippen LogP contribution in [0.1, 0.15) is 5.56 Å². The second-order valence-corrected chi connectivity index (χ2v) is 3.07. The third kappa shape index (κ3) is 1.11. The van der Waals surface area contributed by atoms with Crippen LogP contribution >= 0.6 is 0 Å². The summed E-state index contributed by atoms with van der Waals surface area (Å²) < 4.78 is 0. The zero-order valence-electron chi connectivity index (χ0n) is 7.05. The lowest BCUT2D eigenvalue weighted by atomic mass is 9.73. The van der Waals surface area contributed by atoms with E-state index in [1.807, 2.05) is 6.07 Å². The molecule has 0 spiro atoms. The molecular weight excluding hydrogens is 149 g/mol. The third-order valence-corrected chi connectivity index (χ3v) is 2.20. The molecular formula is C9H10BNO. The van der Waals surface area contributed by atoms with E-state index in [1.165, 1.54) is 5.46 Å². The molecule has 1 heterocycles. The number of hydrogen-bond donors (Lipinski definition) is 1. The first-order valence-corrected chi connectivity index (χ1v) is 4.21. The molecule has 2 nitrogen and oxygen atoms in total. The molecule has 1 aliphatic rings. The van der Waals surface area contributed by atoms with Crippen molar-refractivity contribution < 1.29 is 4.79 Å². The highest BCUT2D eigenvalue weighted by molar-refractivity contribution is 6.52.